The number of anilines is 1. The van der Waals surface area contributed by atoms with Gasteiger partial charge in [0, 0.05) is 30.9 Å². The SMILES string of the molecule is CN(C)c1ccc(-c2ccccc2O)c(F)c1. The Hall–Kier alpha value is -2.03. The van der Waals surface area contributed by atoms with Gasteiger partial charge < -0.3 is 10.0 Å². The van der Waals surface area contributed by atoms with E-state index >= 15 is 0 Å². The van der Waals surface area contributed by atoms with Crippen molar-refractivity contribution in [1.29, 1.82) is 0 Å². The van der Waals surface area contributed by atoms with Crippen LogP contribution in [0.15, 0.2) is 42.5 Å². The summed E-state index contributed by atoms with van der Waals surface area (Å²) in [6, 6.07) is 11.7. The zero-order valence-electron chi connectivity index (χ0n) is 9.81. The van der Waals surface area contributed by atoms with Gasteiger partial charge in [0.25, 0.3) is 0 Å². The molecule has 0 aliphatic carbocycles. The molecule has 0 saturated carbocycles. The van der Waals surface area contributed by atoms with Crippen LogP contribution < -0.4 is 4.90 Å². The maximum atomic E-state index is 13.9. The van der Waals surface area contributed by atoms with Gasteiger partial charge in [0.1, 0.15) is 11.6 Å². The smallest absolute Gasteiger partial charge is 0.133 e. The molecule has 1 N–H and O–H groups in total. The van der Waals surface area contributed by atoms with Crippen LogP contribution in [0.3, 0.4) is 0 Å². The van der Waals surface area contributed by atoms with Gasteiger partial charge in [0.05, 0.1) is 0 Å². The molecule has 0 fully saturated rings. The lowest BCUT2D eigenvalue weighted by atomic mass is 10.0. The van der Waals surface area contributed by atoms with E-state index in [1.807, 2.05) is 25.1 Å². The Bertz CT molecular complexity index is 537. The molecule has 17 heavy (non-hydrogen) atoms. The number of para-hydroxylation sites is 1. The van der Waals surface area contributed by atoms with Gasteiger partial charge in [-0.15, -0.1) is 0 Å². The molecule has 3 heteroatoms. The fraction of sp³-hybridized carbons (Fsp3) is 0.143. The van der Waals surface area contributed by atoms with Gasteiger partial charge in [-0.05, 0) is 24.3 Å². The Morgan fingerprint density at radius 2 is 1.71 bits per heavy atom. The highest BCUT2D eigenvalue weighted by Crippen LogP contribution is 2.32. The van der Waals surface area contributed by atoms with Crippen LogP contribution in [0.1, 0.15) is 0 Å². The van der Waals surface area contributed by atoms with Crippen LogP contribution in [0.5, 0.6) is 5.75 Å². The highest BCUT2D eigenvalue weighted by atomic mass is 19.1. The average molecular weight is 231 g/mol. The van der Waals surface area contributed by atoms with Crippen LogP contribution in [-0.2, 0) is 0 Å². The number of phenolic OH excluding ortho intramolecular Hbond substituents is 1. The molecule has 0 bridgehead atoms. The summed E-state index contributed by atoms with van der Waals surface area (Å²) in [4.78, 5) is 1.83. The maximum Gasteiger partial charge on any atom is 0.133 e. The highest BCUT2D eigenvalue weighted by Gasteiger charge is 2.10. The molecule has 0 radical (unpaired) electrons. The average Bonchev–Trinajstić information content (AvgIpc) is 2.30. The molecule has 0 unspecified atom stereocenters. The van der Waals surface area contributed by atoms with Crippen molar-refractivity contribution < 1.29 is 9.50 Å². The molecule has 2 rings (SSSR count). The Labute approximate surface area is 99.9 Å². The van der Waals surface area contributed by atoms with Crippen LogP contribution in [0, 0.1) is 5.82 Å². The molecule has 0 atom stereocenters. The summed E-state index contributed by atoms with van der Waals surface area (Å²) in [7, 11) is 3.71. The van der Waals surface area contributed by atoms with Gasteiger partial charge in [-0.3, -0.25) is 0 Å². The largest absolute Gasteiger partial charge is 0.507 e. The number of hydrogen-bond acceptors (Lipinski definition) is 2. The molecule has 88 valence electrons. The first-order valence-electron chi connectivity index (χ1n) is 5.35. The summed E-state index contributed by atoms with van der Waals surface area (Å²) in [5.41, 5.74) is 1.71. The van der Waals surface area contributed by atoms with Gasteiger partial charge in [-0.2, -0.15) is 0 Å². The van der Waals surface area contributed by atoms with Crippen molar-refractivity contribution in [3.05, 3.63) is 48.3 Å². The van der Waals surface area contributed by atoms with Crippen LogP contribution in [0.25, 0.3) is 11.1 Å². The highest BCUT2D eigenvalue weighted by molar-refractivity contribution is 5.72. The lowest BCUT2D eigenvalue weighted by Gasteiger charge is -2.14. The van der Waals surface area contributed by atoms with Crippen molar-refractivity contribution in [1.82, 2.24) is 0 Å². The fourth-order valence-electron chi connectivity index (χ4n) is 1.70. The van der Waals surface area contributed by atoms with Gasteiger partial charge in [0.2, 0.25) is 0 Å². The second-order valence-corrected chi connectivity index (χ2v) is 4.08. The van der Waals surface area contributed by atoms with E-state index in [0.717, 1.165) is 5.69 Å². The van der Waals surface area contributed by atoms with Crippen LogP contribution in [0.4, 0.5) is 10.1 Å². The molecule has 0 amide bonds. The van der Waals surface area contributed by atoms with Gasteiger partial charge >= 0.3 is 0 Å². The van der Waals surface area contributed by atoms with E-state index in [-0.39, 0.29) is 11.6 Å². The molecule has 2 aromatic carbocycles. The summed E-state index contributed by atoms with van der Waals surface area (Å²) in [6.07, 6.45) is 0. The molecule has 0 aliphatic heterocycles. The monoisotopic (exact) mass is 231 g/mol. The molecule has 0 saturated heterocycles. The topological polar surface area (TPSA) is 23.5 Å². The number of nitrogens with zero attached hydrogens (tertiary/aromatic N) is 1. The van der Waals surface area contributed by atoms with Gasteiger partial charge in [0.15, 0.2) is 0 Å². The van der Waals surface area contributed by atoms with Crippen molar-refractivity contribution in [2.24, 2.45) is 0 Å². The van der Waals surface area contributed by atoms with Crippen LogP contribution in [-0.4, -0.2) is 19.2 Å². The van der Waals surface area contributed by atoms with E-state index < -0.39 is 0 Å². The predicted molar refractivity (Wildman–Crippen MR) is 67.8 cm³/mol. The zero-order valence-corrected chi connectivity index (χ0v) is 9.81. The second-order valence-electron chi connectivity index (χ2n) is 4.08. The number of benzene rings is 2. The molecule has 0 aliphatic rings. The van der Waals surface area contributed by atoms with E-state index in [4.69, 9.17) is 0 Å². The molecule has 0 spiro atoms. The van der Waals surface area contributed by atoms with Crippen molar-refractivity contribution in [2.45, 2.75) is 0 Å². The predicted octanol–water partition coefficient (Wildman–Crippen LogP) is 3.26. The van der Waals surface area contributed by atoms with E-state index in [1.165, 1.54) is 6.07 Å². The first-order chi connectivity index (χ1) is 8.09. The Kier molecular flexibility index (Phi) is 3.00. The van der Waals surface area contributed by atoms with Crippen molar-refractivity contribution >= 4 is 5.69 Å². The Morgan fingerprint density at radius 3 is 2.29 bits per heavy atom. The first-order valence-corrected chi connectivity index (χ1v) is 5.35. The molecular weight excluding hydrogens is 217 g/mol. The number of halogens is 1. The summed E-state index contributed by atoms with van der Waals surface area (Å²) in [5, 5.41) is 9.69. The van der Waals surface area contributed by atoms with Crippen LogP contribution >= 0.6 is 0 Å². The summed E-state index contributed by atoms with van der Waals surface area (Å²) in [5.74, 6) is -0.248. The summed E-state index contributed by atoms with van der Waals surface area (Å²) < 4.78 is 13.9. The molecular formula is C14H14FNO. The summed E-state index contributed by atoms with van der Waals surface area (Å²) in [6.45, 7) is 0. The van der Waals surface area contributed by atoms with E-state index in [0.29, 0.717) is 11.1 Å². The number of hydrogen-bond donors (Lipinski definition) is 1. The number of aromatic hydroxyl groups is 1. The van der Waals surface area contributed by atoms with Crippen molar-refractivity contribution in [3.63, 3.8) is 0 Å². The van der Waals surface area contributed by atoms with Gasteiger partial charge in [-0.25, -0.2) is 4.39 Å². The second kappa shape index (κ2) is 4.45. The third-order valence-corrected chi connectivity index (χ3v) is 2.66. The number of phenols is 1. The third kappa shape index (κ3) is 2.23. The minimum absolute atomic E-state index is 0.0870. The molecule has 2 nitrogen and oxygen atoms in total. The molecule has 0 aromatic heterocycles. The minimum atomic E-state index is -0.335. The Balaban J connectivity index is 2.51. The van der Waals surface area contributed by atoms with E-state index in [2.05, 4.69) is 0 Å². The van der Waals surface area contributed by atoms with Crippen LogP contribution in [0.2, 0.25) is 0 Å². The molecule has 0 heterocycles. The summed E-state index contributed by atoms with van der Waals surface area (Å²) >= 11 is 0. The minimum Gasteiger partial charge on any atom is -0.507 e. The fourth-order valence-corrected chi connectivity index (χ4v) is 1.70. The van der Waals surface area contributed by atoms with Gasteiger partial charge in [-0.1, -0.05) is 18.2 Å². The third-order valence-electron chi connectivity index (χ3n) is 2.66. The normalized spacial score (nSPS) is 10.3. The van der Waals surface area contributed by atoms with Crippen molar-refractivity contribution in [3.8, 4) is 16.9 Å². The first kappa shape index (κ1) is 11.5. The zero-order chi connectivity index (χ0) is 12.4. The quantitative estimate of drug-likeness (QED) is 0.857. The number of rotatable bonds is 2. The van der Waals surface area contributed by atoms with E-state index in [9.17, 15) is 9.50 Å². The van der Waals surface area contributed by atoms with Crippen molar-refractivity contribution in [2.75, 3.05) is 19.0 Å². The van der Waals surface area contributed by atoms with E-state index in [1.54, 1.807) is 30.3 Å². The maximum absolute atomic E-state index is 13.9. The lowest BCUT2D eigenvalue weighted by Crippen LogP contribution is -2.08. The standard InChI is InChI=1S/C14H14FNO/c1-16(2)10-7-8-11(13(15)9-10)12-5-3-4-6-14(12)17/h3-9,17H,1-2H3. The Morgan fingerprint density at radius 1 is 1.00 bits per heavy atom. The lowest BCUT2D eigenvalue weighted by molar-refractivity contribution is 0.476. The molecule has 2 aromatic rings.